The van der Waals surface area contributed by atoms with Crippen LogP contribution in [-0.2, 0) is 4.79 Å². The van der Waals surface area contributed by atoms with Crippen LogP contribution < -0.4 is 5.32 Å². The molecular formula is C12H15ClN2O4. The minimum absolute atomic E-state index is 0.153. The lowest BCUT2D eigenvalue weighted by molar-refractivity contribution is -0.384. The summed E-state index contributed by atoms with van der Waals surface area (Å²) >= 11 is 5.71. The molecule has 1 aromatic carbocycles. The number of rotatable bonds is 6. The predicted molar refractivity (Wildman–Crippen MR) is 72.7 cm³/mol. The van der Waals surface area contributed by atoms with Gasteiger partial charge in [0.25, 0.3) is 5.69 Å². The molecule has 0 aliphatic rings. The Bertz CT molecular complexity index is 501. The fourth-order valence-electron chi connectivity index (χ4n) is 1.80. The molecule has 0 heterocycles. The third-order valence-corrected chi connectivity index (χ3v) is 3.38. The summed E-state index contributed by atoms with van der Waals surface area (Å²) in [6, 6.07) is 4.10. The molecule has 7 heteroatoms. The second kappa shape index (κ2) is 5.88. The lowest BCUT2D eigenvalue weighted by Crippen LogP contribution is -2.45. The van der Waals surface area contributed by atoms with E-state index in [4.69, 9.17) is 11.6 Å². The van der Waals surface area contributed by atoms with Gasteiger partial charge in [-0.05, 0) is 25.0 Å². The zero-order chi connectivity index (χ0) is 14.6. The Morgan fingerprint density at radius 3 is 2.47 bits per heavy atom. The Morgan fingerprint density at radius 2 is 2.05 bits per heavy atom. The van der Waals surface area contributed by atoms with E-state index in [1.807, 2.05) is 0 Å². The first-order valence-electron chi connectivity index (χ1n) is 5.81. The number of carboxylic acid groups (broad SMARTS) is 1. The number of nitro benzene ring substituents is 1. The van der Waals surface area contributed by atoms with Crippen LogP contribution in [-0.4, -0.2) is 21.5 Å². The van der Waals surface area contributed by atoms with E-state index in [-0.39, 0.29) is 16.4 Å². The predicted octanol–water partition coefficient (Wildman–Crippen LogP) is 3.30. The molecule has 0 saturated carbocycles. The molecule has 104 valence electrons. The van der Waals surface area contributed by atoms with Crippen molar-refractivity contribution >= 4 is 28.9 Å². The van der Waals surface area contributed by atoms with Gasteiger partial charge in [0.1, 0.15) is 11.2 Å². The average molecular weight is 287 g/mol. The van der Waals surface area contributed by atoms with Gasteiger partial charge in [-0.2, -0.15) is 0 Å². The number of anilines is 1. The van der Waals surface area contributed by atoms with Crippen LogP contribution in [0.15, 0.2) is 18.2 Å². The first-order valence-corrected chi connectivity index (χ1v) is 6.19. The molecule has 1 aromatic rings. The molecule has 0 radical (unpaired) electrons. The molecule has 6 nitrogen and oxygen atoms in total. The van der Waals surface area contributed by atoms with Crippen LogP contribution in [0.25, 0.3) is 0 Å². The summed E-state index contributed by atoms with van der Waals surface area (Å²) in [5.41, 5.74) is -1.31. The minimum atomic E-state index is -1.22. The summed E-state index contributed by atoms with van der Waals surface area (Å²) in [4.78, 5) is 21.8. The van der Waals surface area contributed by atoms with Gasteiger partial charge >= 0.3 is 5.97 Å². The molecular weight excluding hydrogens is 272 g/mol. The van der Waals surface area contributed by atoms with Gasteiger partial charge in [0.15, 0.2) is 0 Å². The smallest absolute Gasteiger partial charge is 0.329 e. The summed E-state index contributed by atoms with van der Waals surface area (Å²) < 4.78 is 0. The number of nitrogens with zero attached hydrogens (tertiary/aromatic N) is 1. The van der Waals surface area contributed by atoms with Crippen molar-refractivity contribution in [3.05, 3.63) is 33.3 Å². The van der Waals surface area contributed by atoms with Gasteiger partial charge in [-0.3, -0.25) is 10.1 Å². The fraction of sp³-hybridized carbons (Fsp3) is 0.417. The van der Waals surface area contributed by atoms with Crippen LogP contribution in [0.4, 0.5) is 11.4 Å². The Labute approximate surface area is 115 Å². The van der Waals surface area contributed by atoms with Crippen LogP contribution in [0.2, 0.25) is 5.02 Å². The quantitative estimate of drug-likeness (QED) is 0.618. The average Bonchev–Trinajstić information content (AvgIpc) is 2.37. The second-order valence-corrected chi connectivity index (χ2v) is 4.57. The van der Waals surface area contributed by atoms with E-state index in [2.05, 4.69) is 5.32 Å². The Morgan fingerprint density at radius 1 is 1.47 bits per heavy atom. The number of aliphatic carboxylic acids is 1. The van der Waals surface area contributed by atoms with Gasteiger partial charge in [-0.15, -0.1) is 0 Å². The highest BCUT2D eigenvalue weighted by molar-refractivity contribution is 6.30. The van der Waals surface area contributed by atoms with Gasteiger partial charge in [-0.1, -0.05) is 25.4 Å². The fourth-order valence-corrected chi connectivity index (χ4v) is 1.97. The Balaban J connectivity index is 3.24. The molecule has 0 saturated heterocycles. The van der Waals surface area contributed by atoms with Crippen LogP contribution in [0.3, 0.4) is 0 Å². The van der Waals surface area contributed by atoms with E-state index in [1.165, 1.54) is 18.2 Å². The first-order chi connectivity index (χ1) is 8.86. The molecule has 1 rings (SSSR count). The number of halogens is 1. The van der Waals surface area contributed by atoms with Gasteiger partial charge < -0.3 is 10.4 Å². The largest absolute Gasteiger partial charge is 0.480 e. The lowest BCUT2D eigenvalue weighted by atomic mass is 9.92. The summed E-state index contributed by atoms with van der Waals surface area (Å²) in [6.45, 7) is 3.43. The number of carboxylic acids is 1. The number of nitrogens with one attached hydrogen (secondary N) is 1. The minimum Gasteiger partial charge on any atom is -0.480 e. The number of nitro groups is 1. The van der Waals surface area contributed by atoms with E-state index < -0.39 is 16.4 Å². The second-order valence-electron chi connectivity index (χ2n) is 4.14. The SMILES string of the molecule is CCC(CC)(Nc1ccc(Cl)cc1[N+](=O)[O-])C(=O)O. The van der Waals surface area contributed by atoms with Crippen molar-refractivity contribution in [1.29, 1.82) is 0 Å². The van der Waals surface area contributed by atoms with Gasteiger partial charge in [0.05, 0.1) is 4.92 Å². The van der Waals surface area contributed by atoms with Gasteiger partial charge in [0, 0.05) is 11.1 Å². The topological polar surface area (TPSA) is 92.5 Å². The first kappa shape index (κ1) is 15.2. The lowest BCUT2D eigenvalue weighted by Gasteiger charge is -2.29. The molecule has 19 heavy (non-hydrogen) atoms. The zero-order valence-corrected chi connectivity index (χ0v) is 11.4. The van der Waals surface area contributed by atoms with Crippen LogP contribution in [0, 0.1) is 10.1 Å². The van der Waals surface area contributed by atoms with Crippen molar-refractivity contribution in [2.75, 3.05) is 5.32 Å². The molecule has 0 aromatic heterocycles. The molecule has 0 fully saturated rings. The van der Waals surface area contributed by atoms with Crippen LogP contribution in [0.1, 0.15) is 26.7 Å². The number of hydrogen-bond acceptors (Lipinski definition) is 4. The van der Waals surface area contributed by atoms with Gasteiger partial charge in [-0.25, -0.2) is 4.79 Å². The van der Waals surface area contributed by atoms with Crippen molar-refractivity contribution in [1.82, 2.24) is 0 Å². The summed E-state index contributed by atoms with van der Waals surface area (Å²) in [7, 11) is 0. The maximum absolute atomic E-state index is 11.4. The van der Waals surface area contributed by atoms with E-state index in [0.29, 0.717) is 12.8 Å². The molecule has 2 N–H and O–H groups in total. The van der Waals surface area contributed by atoms with E-state index in [0.717, 1.165) is 0 Å². The monoisotopic (exact) mass is 286 g/mol. The van der Waals surface area contributed by atoms with E-state index in [1.54, 1.807) is 13.8 Å². The van der Waals surface area contributed by atoms with E-state index in [9.17, 15) is 20.0 Å². The number of carbonyl (C=O) groups is 1. The molecule has 0 aliphatic heterocycles. The van der Waals surface area contributed by atoms with Crippen molar-refractivity contribution in [3.63, 3.8) is 0 Å². The highest BCUT2D eigenvalue weighted by Gasteiger charge is 2.36. The maximum Gasteiger partial charge on any atom is 0.329 e. The third kappa shape index (κ3) is 3.14. The van der Waals surface area contributed by atoms with Crippen molar-refractivity contribution in [2.24, 2.45) is 0 Å². The van der Waals surface area contributed by atoms with Crippen molar-refractivity contribution < 1.29 is 14.8 Å². The Hall–Kier alpha value is -1.82. The summed E-state index contributed by atoms with van der Waals surface area (Å²) in [6.07, 6.45) is 0.608. The summed E-state index contributed by atoms with van der Waals surface area (Å²) in [5.74, 6) is -1.04. The molecule has 0 aliphatic carbocycles. The highest BCUT2D eigenvalue weighted by atomic mass is 35.5. The Kier molecular flexibility index (Phi) is 4.72. The van der Waals surface area contributed by atoms with Crippen molar-refractivity contribution in [2.45, 2.75) is 32.2 Å². The number of benzene rings is 1. The zero-order valence-electron chi connectivity index (χ0n) is 10.6. The summed E-state index contributed by atoms with van der Waals surface area (Å²) in [5, 5.41) is 23.3. The molecule has 0 spiro atoms. The molecule has 0 bridgehead atoms. The highest BCUT2D eigenvalue weighted by Crippen LogP contribution is 2.32. The number of hydrogen-bond donors (Lipinski definition) is 2. The van der Waals surface area contributed by atoms with Gasteiger partial charge in [0.2, 0.25) is 0 Å². The molecule has 0 atom stereocenters. The van der Waals surface area contributed by atoms with Crippen LogP contribution >= 0.6 is 11.6 Å². The molecule has 0 amide bonds. The van der Waals surface area contributed by atoms with E-state index >= 15 is 0 Å². The standard InChI is InChI=1S/C12H15ClN2O4/c1-3-12(4-2,11(16)17)14-9-6-5-8(13)7-10(9)15(18)19/h5-7,14H,3-4H2,1-2H3,(H,16,17). The molecule has 0 unspecified atom stereocenters. The third-order valence-electron chi connectivity index (χ3n) is 3.15. The van der Waals surface area contributed by atoms with Crippen LogP contribution in [0.5, 0.6) is 0 Å². The maximum atomic E-state index is 11.4. The normalized spacial score (nSPS) is 11.1. The van der Waals surface area contributed by atoms with Crippen molar-refractivity contribution in [3.8, 4) is 0 Å².